The number of rotatable bonds is 9. The lowest BCUT2D eigenvalue weighted by Crippen LogP contribution is -2.15. The van der Waals surface area contributed by atoms with Crippen LogP contribution < -0.4 is 0 Å². The van der Waals surface area contributed by atoms with Crippen molar-refractivity contribution in [1.29, 1.82) is 0 Å². The van der Waals surface area contributed by atoms with Crippen molar-refractivity contribution >= 4 is 140 Å². The molecule has 0 heterocycles. The summed E-state index contributed by atoms with van der Waals surface area (Å²) in [5, 5.41) is 33.2. The largest absolute Gasteiger partial charge is 0.0619 e. The van der Waals surface area contributed by atoms with E-state index in [2.05, 4.69) is 537 Å². The van der Waals surface area contributed by atoms with E-state index in [9.17, 15) is 0 Å². The summed E-state index contributed by atoms with van der Waals surface area (Å²) in [6.07, 6.45) is 0. The van der Waals surface area contributed by atoms with Crippen molar-refractivity contribution < 1.29 is 0 Å². The van der Waals surface area contributed by atoms with Crippen LogP contribution in [0.15, 0.2) is 510 Å². The molecule has 664 valence electrons. The quantitative estimate of drug-likeness (QED) is 0.0998. The second-order valence-corrected chi connectivity index (χ2v) is 39.9. The van der Waals surface area contributed by atoms with Gasteiger partial charge in [0.15, 0.2) is 0 Å². The first kappa shape index (κ1) is 83.7. The number of fused-ring (bicyclic) bond motifs is 22. The molecule has 0 saturated carbocycles. The molecule has 0 atom stereocenters. The molecule has 0 saturated heterocycles. The van der Waals surface area contributed by atoms with Crippen LogP contribution in [-0.4, -0.2) is 0 Å². The third kappa shape index (κ3) is 13.8. The Hall–Kier alpha value is -17.7. The van der Waals surface area contributed by atoms with Gasteiger partial charge in [0, 0.05) is 10.8 Å². The first-order valence-corrected chi connectivity index (χ1v) is 49.8. The summed E-state index contributed by atoms with van der Waals surface area (Å²) in [7, 11) is 0. The van der Waals surface area contributed by atoms with E-state index < -0.39 is 0 Å². The fourth-order valence-electron chi connectivity index (χ4n) is 24.3. The van der Waals surface area contributed by atoms with Crippen molar-refractivity contribution in [3.05, 3.63) is 532 Å². The zero-order chi connectivity index (χ0) is 94.4. The molecule has 142 heavy (non-hydrogen) atoms. The third-order valence-electron chi connectivity index (χ3n) is 31.3. The predicted octanol–water partition coefficient (Wildman–Crippen LogP) is 39.7. The molecule has 0 radical (unpaired) electrons. The van der Waals surface area contributed by atoms with Crippen molar-refractivity contribution in [2.45, 2.75) is 38.5 Å². The summed E-state index contributed by atoms with van der Waals surface area (Å²) in [6.45, 7) is 9.51. The Morgan fingerprint density at radius 3 is 0.641 bits per heavy atom. The molecule has 0 amide bonds. The first-order valence-electron chi connectivity index (χ1n) is 49.8. The van der Waals surface area contributed by atoms with Gasteiger partial charge in [-0.3, -0.25) is 0 Å². The molecule has 0 unspecified atom stereocenters. The van der Waals surface area contributed by atoms with Crippen LogP contribution in [0, 0.1) is 0 Å². The van der Waals surface area contributed by atoms with E-state index in [-0.39, 0.29) is 10.8 Å². The Labute approximate surface area is 826 Å². The number of hydrogen-bond donors (Lipinski definition) is 0. The lowest BCUT2D eigenvalue weighted by molar-refractivity contribution is 0.660. The van der Waals surface area contributed by atoms with Gasteiger partial charge in [-0.15, -0.1) is 0 Å². The van der Waals surface area contributed by atoms with Gasteiger partial charge in [0.25, 0.3) is 0 Å². The highest BCUT2D eigenvalue weighted by atomic mass is 14.4. The van der Waals surface area contributed by atoms with Crippen LogP contribution in [0.5, 0.6) is 0 Å². The standard InChI is InChI=1S/C50H32.C48H36.C44H28/c1-3-12-40-31-42(27-21-33(40)9-1)35-17-23-38(24-18-35)48-45-15-7-8-16-46(45)49(50-44-14-6-5-11-37(44)29-30-47(48)50)39-25-19-36(20-26-39)43-28-22-34-10-2-4-13-41(34)32-43;1-47(2)40-19-11-9-15-33(40)35-24-22-30(27-42(35)47)44-37-17-7-8-18-38(37)45(46-32-14-6-5-13-29(32)21-26-39(44)46)31-23-25-36-34-16-10-12-20-41(34)48(3,4)43(36)28-31;1-3-12-34-27-36(23-19-29(34)9-1)31-17-21-33(22-18-31)42-39-15-7-8-16-40(39)43(37-24-20-30-10-2-4-13-35(30)28-37)44-38-14-6-5-11-32(38)25-26-41(42)44/h1-32H;5-28H,1-4H3;1-28H. The van der Waals surface area contributed by atoms with Crippen LogP contribution in [-0.2, 0) is 10.8 Å². The van der Waals surface area contributed by atoms with Crippen LogP contribution in [0.2, 0.25) is 0 Å². The highest BCUT2D eigenvalue weighted by molar-refractivity contribution is 6.32. The predicted molar refractivity (Wildman–Crippen MR) is 611 cm³/mol. The highest BCUT2D eigenvalue weighted by Crippen LogP contribution is 2.57. The zero-order valence-corrected chi connectivity index (χ0v) is 79.5. The van der Waals surface area contributed by atoms with Gasteiger partial charge in [-0.25, -0.2) is 0 Å². The molecule has 27 aromatic carbocycles. The molecule has 0 aliphatic heterocycles. The molecule has 2 aliphatic carbocycles. The maximum Gasteiger partial charge on any atom is 0.0159 e. The lowest BCUT2D eigenvalue weighted by Gasteiger charge is -2.24. The van der Waals surface area contributed by atoms with Crippen LogP contribution in [0.25, 0.3) is 262 Å². The topological polar surface area (TPSA) is 0 Å². The Morgan fingerprint density at radius 2 is 0.310 bits per heavy atom. The zero-order valence-electron chi connectivity index (χ0n) is 79.5. The number of benzene rings is 27. The molecular formula is C142H96. The van der Waals surface area contributed by atoms with E-state index in [4.69, 9.17) is 0 Å². The molecule has 0 bridgehead atoms. The van der Waals surface area contributed by atoms with Gasteiger partial charge in [0.1, 0.15) is 0 Å². The summed E-state index contributed by atoms with van der Waals surface area (Å²) in [5.41, 5.74) is 33.6. The van der Waals surface area contributed by atoms with Crippen LogP contribution in [0.4, 0.5) is 0 Å². The maximum absolute atomic E-state index is 2.49. The van der Waals surface area contributed by atoms with Gasteiger partial charge in [-0.05, 0) is 321 Å². The monoisotopic (exact) mass is 1800 g/mol. The van der Waals surface area contributed by atoms with Crippen LogP contribution >= 0.6 is 0 Å². The summed E-state index contributed by atoms with van der Waals surface area (Å²) < 4.78 is 0. The average molecular weight is 1800 g/mol. The van der Waals surface area contributed by atoms with Gasteiger partial charge in [0.05, 0.1) is 0 Å². The average Bonchev–Trinajstić information content (AvgIpc) is 1.33. The molecule has 2 aliphatic rings. The normalized spacial score (nSPS) is 12.8. The van der Waals surface area contributed by atoms with Gasteiger partial charge in [0.2, 0.25) is 0 Å². The van der Waals surface area contributed by atoms with E-state index in [0.29, 0.717) is 0 Å². The van der Waals surface area contributed by atoms with E-state index in [1.807, 2.05) is 0 Å². The molecule has 0 nitrogen and oxygen atoms in total. The van der Waals surface area contributed by atoms with Crippen molar-refractivity contribution in [1.82, 2.24) is 0 Å². The maximum atomic E-state index is 2.49. The van der Waals surface area contributed by atoms with E-state index in [0.717, 1.165) is 0 Å². The summed E-state index contributed by atoms with van der Waals surface area (Å²) >= 11 is 0. The molecule has 29 rings (SSSR count). The minimum Gasteiger partial charge on any atom is -0.0619 e. The second-order valence-electron chi connectivity index (χ2n) is 39.9. The van der Waals surface area contributed by atoms with Crippen molar-refractivity contribution in [2.75, 3.05) is 0 Å². The van der Waals surface area contributed by atoms with Gasteiger partial charge < -0.3 is 0 Å². The minimum absolute atomic E-state index is 0.0605. The van der Waals surface area contributed by atoms with Gasteiger partial charge in [-0.2, -0.15) is 0 Å². The number of hydrogen-bond acceptors (Lipinski definition) is 0. The van der Waals surface area contributed by atoms with Crippen LogP contribution in [0.3, 0.4) is 0 Å². The Bertz CT molecular complexity index is 9890. The van der Waals surface area contributed by atoms with Crippen molar-refractivity contribution in [3.8, 4) is 122 Å². The molecule has 0 fully saturated rings. The van der Waals surface area contributed by atoms with E-state index >= 15 is 0 Å². The highest BCUT2D eigenvalue weighted by Gasteiger charge is 2.38. The fraction of sp³-hybridized carbons (Fsp3) is 0.0423. The smallest absolute Gasteiger partial charge is 0.0159 e. The fourth-order valence-corrected chi connectivity index (χ4v) is 24.3. The van der Waals surface area contributed by atoms with E-state index in [1.54, 1.807) is 0 Å². The molecule has 27 aromatic rings. The second kappa shape index (κ2) is 33.6. The Kier molecular flexibility index (Phi) is 19.8. The SMILES string of the molecule is CC1(C)c2ccccc2-c2ccc(-c3c4ccccc4c(-c4ccc5c(c4)C(C)(C)c4ccccc4-5)c4c3ccc3ccccc34)cc21.c1ccc2cc(-c3ccc(-c4c5ccccc5c(-c5ccc(-c6ccc7ccccc7c6)cc5)c5c4ccc4ccccc45)cc3)ccc2c1.c1ccc2cc(-c3ccc(-c4c5ccccc5c(-c5ccc6ccccc6c5)c5c4ccc4ccccc45)cc3)ccc2c1. The van der Waals surface area contributed by atoms with E-state index in [1.165, 1.54) is 285 Å². The Balaban J connectivity index is 0.000000107. The Morgan fingerprint density at radius 1 is 0.113 bits per heavy atom. The van der Waals surface area contributed by atoms with Gasteiger partial charge in [-0.1, -0.05) is 501 Å². The summed E-state index contributed by atoms with van der Waals surface area (Å²) in [5.74, 6) is 0. The molecule has 0 aromatic heterocycles. The lowest BCUT2D eigenvalue weighted by atomic mass is 9.79. The van der Waals surface area contributed by atoms with Gasteiger partial charge >= 0.3 is 0 Å². The molecule has 0 heteroatoms. The van der Waals surface area contributed by atoms with Crippen LogP contribution in [0.1, 0.15) is 49.9 Å². The van der Waals surface area contributed by atoms with Crippen molar-refractivity contribution in [3.63, 3.8) is 0 Å². The molecule has 0 N–H and O–H groups in total. The third-order valence-corrected chi connectivity index (χ3v) is 31.3. The first-order chi connectivity index (χ1) is 69.9. The van der Waals surface area contributed by atoms with Crippen molar-refractivity contribution in [2.24, 2.45) is 0 Å². The minimum atomic E-state index is -0.0651. The summed E-state index contributed by atoms with van der Waals surface area (Å²) in [6, 6.07) is 189. The molecular weight excluding hydrogens is 1710 g/mol. The summed E-state index contributed by atoms with van der Waals surface area (Å²) in [4.78, 5) is 0. The molecule has 0 spiro atoms.